The Morgan fingerprint density at radius 3 is 2.45 bits per heavy atom. The lowest BCUT2D eigenvalue weighted by Crippen LogP contribution is -2.17. The van der Waals surface area contributed by atoms with Crippen molar-refractivity contribution in [1.82, 2.24) is 4.98 Å². The van der Waals surface area contributed by atoms with Crippen LogP contribution in [0.3, 0.4) is 0 Å². The fraction of sp³-hybridized carbons (Fsp3) is 0.200. The summed E-state index contributed by atoms with van der Waals surface area (Å²) in [7, 11) is 0. The molecule has 0 fully saturated rings. The smallest absolute Gasteiger partial charge is 0.211 e. The van der Waals surface area contributed by atoms with Crippen LogP contribution in [0.1, 0.15) is 28.4 Å². The van der Waals surface area contributed by atoms with Crippen molar-refractivity contribution in [2.45, 2.75) is 12.3 Å². The summed E-state index contributed by atoms with van der Waals surface area (Å²) in [6.45, 7) is -0.261. The average molecular weight is 270 g/mol. The molecule has 1 heterocycles. The molecule has 2 rings (SSSR count). The predicted octanol–water partition coefficient (Wildman–Crippen LogP) is 2.71. The number of aromatic nitrogens is 1. The second-order valence-corrected chi connectivity index (χ2v) is 4.47. The molecule has 0 aliphatic heterocycles. The molecular weight excluding hydrogens is 256 g/mol. The second kappa shape index (κ2) is 6.56. The standard InChI is InChI=1S/C15H14N2O3/c18-15(14-8-4-5-9-16-14)10-13(11-17(19)20)12-6-2-1-3-7-12/h1-9,13H,10-11H2/t13-/m0/s1. The summed E-state index contributed by atoms with van der Waals surface area (Å²) in [5.74, 6) is -0.609. The van der Waals surface area contributed by atoms with E-state index in [1.54, 1.807) is 30.3 Å². The number of hydrogen-bond donors (Lipinski definition) is 0. The zero-order chi connectivity index (χ0) is 14.4. The number of carbonyl (C=O) groups is 1. The van der Waals surface area contributed by atoms with E-state index in [1.807, 2.05) is 18.2 Å². The molecule has 1 aromatic heterocycles. The van der Waals surface area contributed by atoms with E-state index < -0.39 is 5.92 Å². The lowest BCUT2D eigenvalue weighted by Gasteiger charge is -2.12. The highest BCUT2D eigenvalue weighted by Gasteiger charge is 2.22. The third-order valence-electron chi connectivity index (χ3n) is 3.02. The lowest BCUT2D eigenvalue weighted by atomic mass is 9.93. The Kier molecular flexibility index (Phi) is 4.55. The van der Waals surface area contributed by atoms with E-state index in [4.69, 9.17) is 0 Å². The first-order valence-electron chi connectivity index (χ1n) is 6.28. The molecule has 20 heavy (non-hydrogen) atoms. The van der Waals surface area contributed by atoms with Gasteiger partial charge in [-0.25, -0.2) is 0 Å². The van der Waals surface area contributed by atoms with E-state index in [2.05, 4.69) is 4.98 Å². The van der Waals surface area contributed by atoms with E-state index in [0.717, 1.165) is 5.56 Å². The Labute approximate surface area is 116 Å². The molecule has 1 aromatic carbocycles. The van der Waals surface area contributed by atoms with Crippen LogP contribution in [0.5, 0.6) is 0 Å². The Balaban J connectivity index is 2.16. The van der Waals surface area contributed by atoms with Crippen LogP contribution in [0.15, 0.2) is 54.7 Å². The molecule has 2 aromatic rings. The number of hydrogen-bond acceptors (Lipinski definition) is 4. The van der Waals surface area contributed by atoms with E-state index in [0.29, 0.717) is 5.69 Å². The fourth-order valence-electron chi connectivity index (χ4n) is 2.05. The summed E-state index contributed by atoms with van der Waals surface area (Å²) in [5, 5.41) is 10.8. The summed E-state index contributed by atoms with van der Waals surface area (Å²) in [5.41, 5.74) is 1.14. The second-order valence-electron chi connectivity index (χ2n) is 4.47. The fourth-order valence-corrected chi connectivity index (χ4v) is 2.05. The number of nitrogens with zero attached hydrogens (tertiary/aromatic N) is 2. The molecule has 102 valence electrons. The van der Waals surface area contributed by atoms with Gasteiger partial charge in [0.05, 0.1) is 5.92 Å². The SMILES string of the molecule is O=C(C[C@@H](C[N+](=O)[O-])c1ccccc1)c1ccccn1. The Morgan fingerprint density at radius 1 is 1.15 bits per heavy atom. The molecule has 0 aliphatic rings. The summed E-state index contributed by atoms with van der Waals surface area (Å²) in [4.78, 5) is 26.5. The summed E-state index contributed by atoms with van der Waals surface area (Å²) in [6, 6.07) is 14.2. The van der Waals surface area contributed by atoms with Gasteiger partial charge in [0, 0.05) is 17.5 Å². The van der Waals surface area contributed by atoms with Crippen LogP contribution in [-0.4, -0.2) is 22.2 Å². The maximum Gasteiger partial charge on any atom is 0.211 e. The molecule has 5 nitrogen and oxygen atoms in total. The molecule has 0 saturated heterocycles. The summed E-state index contributed by atoms with van der Waals surface area (Å²) >= 11 is 0. The molecule has 0 bridgehead atoms. The topological polar surface area (TPSA) is 73.1 Å². The highest BCUT2D eigenvalue weighted by Crippen LogP contribution is 2.21. The van der Waals surface area contributed by atoms with Crippen LogP contribution in [0.25, 0.3) is 0 Å². The first-order chi connectivity index (χ1) is 9.66. The van der Waals surface area contributed by atoms with Gasteiger partial charge < -0.3 is 0 Å². The van der Waals surface area contributed by atoms with Crippen molar-refractivity contribution in [2.75, 3.05) is 6.54 Å². The molecule has 0 aliphatic carbocycles. The molecule has 0 unspecified atom stereocenters. The predicted molar refractivity (Wildman–Crippen MR) is 74.2 cm³/mol. The summed E-state index contributed by atoms with van der Waals surface area (Å²) in [6.07, 6.45) is 1.63. The van der Waals surface area contributed by atoms with Gasteiger partial charge in [-0.05, 0) is 17.7 Å². The molecule has 5 heteroatoms. The number of pyridine rings is 1. The molecule has 0 radical (unpaired) electrons. The Bertz CT molecular complexity index is 585. The van der Waals surface area contributed by atoms with E-state index in [1.165, 1.54) is 6.20 Å². The van der Waals surface area contributed by atoms with Crippen molar-refractivity contribution in [1.29, 1.82) is 0 Å². The van der Waals surface area contributed by atoms with Gasteiger partial charge in [0.2, 0.25) is 6.54 Å². The molecule has 0 saturated carbocycles. The zero-order valence-electron chi connectivity index (χ0n) is 10.8. The first kappa shape index (κ1) is 13.9. The maximum absolute atomic E-state index is 12.1. The summed E-state index contributed by atoms with van der Waals surface area (Å²) < 4.78 is 0. The van der Waals surface area contributed by atoms with Crippen LogP contribution in [0, 0.1) is 10.1 Å². The molecule has 0 spiro atoms. The molecule has 0 amide bonds. The van der Waals surface area contributed by atoms with Crippen LogP contribution in [0.4, 0.5) is 0 Å². The van der Waals surface area contributed by atoms with E-state index in [-0.39, 0.29) is 23.7 Å². The minimum Gasteiger partial charge on any atom is -0.292 e. The van der Waals surface area contributed by atoms with Gasteiger partial charge in [-0.1, -0.05) is 36.4 Å². The van der Waals surface area contributed by atoms with Crippen LogP contribution >= 0.6 is 0 Å². The van der Waals surface area contributed by atoms with Gasteiger partial charge in [-0.15, -0.1) is 0 Å². The van der Waals surface area contributed by atoms with Gasteiger partial charge in [0.15, 0.2) is 5.78 Å². The zero-order valence-corrected chi connectivity index (χ0v) is 10.8. The minimum absolute atomic E-state index is 0.0853. The molecule has 0 N–H and O–H groups in total. The first-order valence-corrected chi connectivity index (χ1v) is 6.28. The van der Waals surface area contributed by atoms with Gasteiger partial charge in [-0.3, -0.25) is 19.9 Å². The normalized spacial score (nSPS) is 11.8. The van der Waals surface area contributed by atoms with E-state index >= 15 is 0 Å². The van der Waals surface area contributed by atoms with Crippen LogP contribution in [-0.2, 0) is 0 Å². The largest absolute Gasteiger partial charge is 0.292 e. The van der Waals surface area contributed by atoms with E-state index in [9.17, 15) is 14.9 Å². The average Bonchev–Trinajstić information content (AvgIpc) is 2.48. The number of Topliss-reactive ketones (excluding diaryl/α,β-unsaturated/α-hetero) is 1. The Morgan fingerprint density at radius 2 is 1.85 bits per heavy atom. The van der Waals surface area contributed by atoms with Crippen molar-refractivity contribution in [3.63, 3.8) is 0 Å². The number of ketones is 1. The third-order valence-corrected chi connectivity index (χ3v) is 3.02. The van der Waals surface area contributed by atoms with Crippen molar-refractivity contribution in [3.05, 3.63) is 76.1 Å². The minimum atomic E-state index is -0.430. The van der Waals surface area contributed by atoms with Crippen molar-refractivity contribution in [3.8, 4) is 0 Å². The van der Waals surface area contributed by atoms with Crippen LogP contribution < -0.4 is 0 Å². The maximum atomic E-state index is 12.1. The number of rotatable bonds is 6. The van der Waals surface area contributed by atoms with Gasteiger partial charge in [-0.2, -0.15) is 0 Å². The third kappa shape index (κ3) is 3.71. The lowest BCUT2D eigenvalue weighted by molar-refractivity contribution is -0.483. The monoisotopic (exact) mass is 270 g/mol. The number of benzene rings is 1. The highest BCUT2D eigenvalue weighted by molar-refractivity contribution is 5.94. The quantitative estimate of drug-likeness (QED) is 0.459. The van der Waals surface area contributed by atoms with Crippen LogP contribution in [0.2, 0.25) is 0 Å². The van der Waals surface area contributed by atoms with Gasteiger partial charge in [0.25, 0.3) is 0 Å². The molecular formula is C15H14N2O3. The van der Waals surface area contributed by atoms with Crippen molar-refractivity contribution < 1.29 is 9.72 Å². The van der Waals surface area contributed by atoms with Gasteiger partial charge in [0.1, 0.15) is 5.69 Å². The number of carbonyl (C=O) groups excluding carboxylic acids is 1. The van der Waals surface area contributed by atoms with Crippen molar-refractivity contribution in [2.24, 2.45) is 0 Å². The van der Waals surface area contributed by atoms with Crippen molar-refractivity contribution >= 4 is 5.78 Å². The number of nitro groups is 1. The Hall–Kier alpha value is -2.56. The highest BCUT2D eigenvalue weighted by atomic mass is 16.6. The van der Waals surface area contributed by atoms with Gasteiger partial charge >= 0.3 is 0 Å². The molecule has 1 atom stereocenters.